The van der Waals surface area contributed by atoms with Crippen LogP contribution in [0.1, 0.15) is 18.1 Å². The minimum Gasteiger partial charge on any atom is -0.302 e. The highest BCUT2D eigenvalue weighted by Crippen LogP contribution is 2.05. The normalized spacial score (nSPS) is 10.7. The van der Waals surface area contributed by atoms with E-state index in [0.717, 1.165) is 12.0 Å². The Morgan fingerprint density at radius 1 is 1.11 bits per heavy atom. The molecule has 2 rings (SSSR count). The summed E-state index contributed by atoms with van der Waals surface area (Å²) >= 11 is 1.95. The van der Waals surface area contributed by atoms with Gasteiger partial charge in [-0.2, -0.15) is 0 Å². The topological polar surface area (TPSA) is 44.0 Å². The molecular weight excluding hydrogens is 355 g/mol. The van der Waals surface area contributed by atoms with Gasteiger partial charge in [0.15, 0.2) is 0 Å². The van der Waals surface area contributed by atoms with E-state index in [1.54, 1.807) is 13.2 Å². The molecule has 0 bridgehead atoms. The summed E-state index contributed by atoms with van der Waals surface area (Å²) in [7, 11) is 1.65. The number of hydrogen-bond donors (Lipinski definition) is 0. The van der Waals surface area contributed by atoms with Gasteiger partial charge in [0.05, 0.1) is 10.1 Å². The van der Waals surface area contributed by atoms with Gasteiger partial charge in [0.25, 0.3) is 5.56 Å². The van der Waals surface area contributed by atoms with Crippen LogP contribution in [0.3, 0.4) is 0 Å². The molecule has 5 heteroatoms. The lowest BCUT2D eigenvalue weighted by atomic mass is 10.1. The summed E-state index contributed by atoms with van der Waals surface area (Å²) in [6.45, 7) is 2.40. The Kier molecular flexibility index (Phi) is 4.24. The van der Waals surface area contributed by atoms with Gasteiger partial charge < -0.3 is 4.57 Å². The van der Waals surface area contributed by atoms with Crippen LogP contribution in [-0.4, -0.2) is 9.13 Å². The molecule has 0 atom stereocenters. The Hall–Kier alpha value is -1.37. The van der Waals surface area contributed by atoms with Crippen molar-refractivity contribution in [1.82, 2.24) is 9.13 Å². The van der Waals surface area contributed by atoms with Gasteiger partial charge in [0.2, 0.25) is 0 Å². The molecule has 0 amide bonds. The smallest absolute Gasteiger partial charge is 0.302 e. The molecular formula is C14H15IN2O2. The van der Waals surface area contributed by atoms with E-state index in [2.05, 4.69) is 6.92 Å². The minimum atomic E-state index is -0.287. The molecule has 0 radical (unpaired) electrons. The van der Waals surface area contributed by atoms with Gasteiger partial charge in [-0.15, -0.1) is 0 Å². The number of halogens is 1. The Morgan fingerprint density at radius 3 is 2.26 bits per heavy atom. The summed E-state index contributed by atoms with van der Waals surface area (Å²) in [5, 5.41) is 0. The van der Waals surface area contributed by atoms with Crippen LogP contribution >= 0.6 is 22.6 Å². The van der Waals surface area contributed by atoms with Crippen LogP contribution in [0.4, 0.5) is 0 Å². The average Bonchev–Trinajstić information content (AvgIpc) is 2.42. The fraction of sp³-hybridized carbons (Fsp3) is 0.286. The molecule has 100 valence electrons. The van der Waals surface area contributed by atoms with E-state index in [0.29, 0.717) is 10.1 Å². The average molecular weight is 370 g/mol. The summed E-state index contributed by atoms with van der Waals surface area (Å²) in [5.41, 5.74) is 1.68. The van der Waals surface area contributed by atoms with Crippen LogP contribution in [-0.2, 0) is 20.0 Å². The largest absolute Gasteiger partial charge is 0.331 e. The molecule has 0 N–H and O–H groups in total. The lowest BCUT2D eigenvalue weighted by molar-refractivity contribution is 0.634. The number of nitrogens with zero attached hydrogens (tertiary/aromatic N) is 2. The van der Waals surface area contributed by atoms with Crippen molar-refractivity contribution in [3.63, 3.8) is 0 Å². The van der Waals surface area contributed by atoms with Crippen LogP contribution in [0.15, 0.2) is 40.1 Å². The van der Waals surface area contributed by atoms with E-state index in [1.165, 1.54) is 14.7 Å². The van der Waals surface area contributed by atoms with E-state index in [9.17, 15) is 9.59 Å². The molecule has 4 nitrogen and oxygen atoms in total. The molecule has 1 heterocycles. The molecule has 0 saturated carbocycles. The van der Waals surface area contributed by atoms with Gasteiger partial charge in [-0.05, 0) is 40.1 Å². The van der Waals surface area contributed by atoms with E-state index in [1.807, 2.05) is 46.9 Å². The van der Waals surface area contributed by atoms with Crippen LogP contribution < -0.4 is 11.2 Å². The molecule has 0 aliphatic rings. The second kappa shape index (κ2) is 5.73. The lowest BCUT2D eigenvalue weighted by Gasteiger charge is -2.08. The molecule has 0 aliphatic carbocycles. The third kappa shape index (κ3) is 2.97. The molecule has 0 spiro atoms. The highest BCUT2D eigenvalue weighted by atomic mass is 127. The molecule has 0 saturated heterocycles. The maximum atomic E-state index is 12.0. The van der Waals surface area contributed by atoms with E-state index in [-0.39, 0.29) is 11.2 Å². The van der Waals surface area contributed by atoms with Crippen molar-refractivity contribution >= 4 is 22.6 Å². The van der Waals surface area contributed by atoms with Crippen molar-refractivity contribution in [3.8, 4) is 0 Å². The van der Waals surface area contributed by atoms with Crippen LogP contribution in [0.25, 0.3) is 0 Å². The zero-order valence-electron chi connectivity index (χ0n) is 10.9. The quantitative estimate of drug-likeness (QED) is 0.773. The molecule has 1 aromatic heterocycles. The number of aryl methyl sites for hydroxylation is 2. The van der Waals surface area contributed by atoms with Gasteiger partial charge in [-0.1, -0.05) is 31.2 Å². The van der Waals surface area contributed by atoms with Crippen molar-refractivity contribution in [1.29, 1.82) is 0 Å². The van der Waals surface area contributed by atoms with Crippen LogP contribution in [0.2, 0.25) is 0 Å². The predicted octanol–water partition coefficient (Wildman–Crippen LogP) is 1.76. The van der Waals surface area contributed by atoms with Crippen molar-refractivity contribution < 1.29 is 0 Å². The van der Waals surface area contributed by atoms with E-state index in [4.69, 9.17) is 0 Å². The number of benzene rings is 1. The van der Waals surface area contributed by atoms with Crippen LogP contribution in [0.5, 0.6) is 0 Å². The molecule has 19 heavy (non-hydrogen) atoms. The molecule has 0 fully saturated rings. The number of aromatic nitrogens is 2. The Labute approximate surface area is 124 Å². The fourth-order valence-electron chi connectivity index (χ4n) is 1.89. The SMILES string of the molecule is CCc1ccc(Cn2c(=O)c(I)cn(C)c2=O)cc1. The molecule has 2 aromatic rings. The first kappa shape index (κ1) is 14.0. The van der Waals surface area contributed by atoms with Crippen LogP contribution in [0, 0.1) is 3.57 Å². The maximum Gasteiger partial charge on any atom is 0.331 e. The summed E-state index contributed by atoms with van der Waals surface area (Å²) < 4.78 is 3.25. The van der Waals surface area contributed by atoms with Gasteiger partial charge >= 0.3 is 5.69 Å². The molecule has 1 aromatic carbocycles. The second-order valence-electron chi connectivity index (χ2n) is 4.43. The van der Waals surface area contributed by atoms with Crippen molar-refractivity contribution in [3.05, 3.63) is 66.0 Å². The Balaban J connectivity index is 2.43. The molecule has 0 unspecified atom stereocenters. The lowest BCUT2D eigenvalue weighted by Crippen LogP contribution is -2.40. The standard InChI is InChI=1S/C14H15IN2O2/c1-3-10-4-6-11(7-5-10)8-17-13(18)12(15)9-16(2)14(17)19/h4-7,9H,3,8H2,1-2H3. The second-order valence-corrected chi connectivity index (χ2v) is 5.59. The first-order valence-corrected chi connectivity index (χ1v) is 7.14. The first-order chi connectivity index (χ1) is 9.02. The Bertz CT molecular complexity index is 665. The highest BCUT2D eigenvalue weighted by molar-refractivity contribution is 14.1. The Morgan fingerprint density at radius 2 is 1.68 bits per heavy atom. The van der Waals surface area contributed by atoms with E-state index < -0.39 is 0 Å². The zero-order chi connectivity index (χ0) is 14.0. The summed E-state index contributed by atoms with van der Waals surface area (Å²) in [6.07, 6.45) is 2.53. The number of hydrogen-bond acceptors (Lipinski definition) is 2. The number of rotatable bonds is 3. The third-order valence-electron chi connectivity index (χ3n) is 3.06. The van der Waals surface area contributed by atoms with Crippen molar-refractivity contribution in [2.24, 2.45) is 7.05 Å². The van der Waals surface area contributed by atoms with E-state index >= 15 is 0 Å². The summed E-state index contributed by atoms with van der Waals surface area (Å²) in [4.78, 5) is 24.0. The van der Waals surface area contributed by atoms with Crippen molar-refractivity contribution in [2.75, 3.05) is 0 Å². The van der Waals surface area contributed by atoms with Gasteiger partial charge in [-0.25, -0.2) is 4.79 Å². The monoisotopic (exact) mass is 370 g/mol. The van der Waals surface area contributed by atoms with Crippen molar-refractivity contribution in [2.45, 2.75) is 19.9 Å². The summed E-state index contributed by atoms with van der Waals surface area (Å²) in [6, 6.07) is 7.98. The predicted molar refractivity (Wildman–Crippen MR) is 83.6 cm³/mol. The van der Waals surface area contributed by atoms with Gasteiger partial charge in [-0.3, -0.25) is 9.36 Å². The molecule has 0 aliphatic heterocycles. The zero-order valence-corrected chi connectivity index (χ0v) is 13.0. The first-order valence-electron chi connectivity index (χ1n) is 6.06. The van der Waals surface area contributed by atoms with Gasteiger partial charge in [0, 0.05) is 13.2 Å². The summed E-state index contributed by atoms with van der Waals surface area (Å²) in [5.74, 6) is 0. The highest BCUT2D eigenvalue weighted by Gasteiger charge is 2.08. The van der Waals surface area contributed by atoms with Gasteiger partial charge in [0.1, 0.15) is 0 Å². The fourth-order valence-corrected chi connectivity index (χ4v) is 2.60. The third-order valence-corrected chi connectivity index (χ3v) is 3.80. The minimum absolute atomic E-state index is 0.233. The maximum absolute atomic E-state index is 12.0.